The Morgan fingerprint density at radius 2 is 1.43 bits per heavy atom. The molecule has 3 nitrogen and oxygen atoms in total. The van der Waals surface area contributed by atoms with Crippen LogP contribution in [0, 0.1) is 10.1 Å². The van der Waals surface area contributed by atoms with E-state index in [4.69, 9.17) is 10.1 Å². The second-order valence-electron chi connectivity index (χ2n) is 0.285. The van der Waals surface area contributed by atoms with E-state index in [0.29, 0.717) is 0 Å². The minimum Gasteiger partial charge on any atom is -1.00 e. The van der Waals surface area contributed by atoms with Gasteiger partial charge in [0.1, 0.15) is 0 Å². The molecule has 0 saturated carbocycles. The number of hydrogen-bond acceptors (Lipinski definition) is 2. The average molecular weight is 160 g/mol. The maximum absolute atomic E-state index is 8.77. The van der Waals surface area contributed by atoms with Crippen LogP contribution in [0.4, 0.5) is 0 Å². The van der Waals surface area contributed by atoms with E-state index in [-0.39, 0.29) is 32.2 Å². The Kier molecular flexibility index (Phi) is 59.2. The summed E-state index contributed by atoms with van der Waals surface area (Å²) in [5.41, 5.74) is 0. The van der Waals surface area contributed by atoms with E-state index in [1.54, 1.807) is 0 Å². The number of nitrogens with zero attached hydrogens (tertiary/aromatic N) is 1. The van der Waals surface area contributed by atoms with E-state index in [9.17, 15) is 0 Å². The van der Waals surface area contributed by atoms with Gasteiger partial charge in [0.15, 0.2) is 0 Å². The number of rotatable bonds is 0. The predicted molar refractivity (Wildman–Crippen MR) is 19.5 cm³/mol. The van der Waals surface area contributed by atoms with Crippen LogP contribution in [0.1, 0.15) is 7.43 Å². The van der Waals surface area contributed by atoms with Crippen LogP contribution in [0.5, 0.6) is 0 Å². The van der Waals surface area contributed by atoms with E-state index in [1.807, 2.05) is 0 Å². The molecule has 0 radical (unpaired) electrons. The summed E-state index contributed by atoms with van der Waals surface area (Å²) in [6.07, 6.45) is 0. The maximum Gasteiger partial charge on any atom is -1.00 e. The van der Waals surface area contributed by atoms with Gasteiger partial charge in [0.05, 0.1) is 0 Å². The maximum atomic E-state index is 8.77. The molecule has 0 fully saturated rings. The fraction of sp³-hybridized carbons (Fsp3) is 1.00. The molecule has 0 unspecified atom stereocenters. The second kappa shape index (κ2) is 16.0. The molecule has 0 bridgehead atoms. The standard InChI is InChI=1S/CH4.Al.2ClH.NO2/c;;;;2-1-3/h1H4;;2*1H;/q;+2;;;/p-2. The van der Waals surface area contributed by atoms with Crippen molar-refractivity contribution in [2.75, 3.05) is 0 Å². The van der Waals surface area contributed by atoms with Gasteiger partial charge in [0, 0.05) is 0 Å². The summed E-state index contributed by atoms with van der Waals surface area (Å²) in [6, 6.07) is 0. The van der Waals surface area contributed by atoms with Crippen LogP contribution in [-0.2, 0) is 0 Å². The van der Waals surface area contributed by atoms with Gasteiger partial charge in [-0.05, 0) is 0 Å². The fourth-order valence-electron chi connectivity index (χ4n) is 0. The van der Waals surface area contributed by atoms with Crippen molar-refractivity contribution in [1.82, 2.24) is 0 Å². The van der Waals surface area contributed by atoms with Gasteiger partial charge in [-0.25, -0.2) is 0 Å². The summed E-state index contributed by atoms with van der Waals surface area (Å²) in [7, 11) is 0. The summed E-state index contributed by atoms with van der Waals surface area (Å²) in [5.74, 6) is 0. The van der Waals surface area contributed by atoms with Crippen molar-refractivity contribution in [1.29, 1.82) is 0 Å². The molecule has 0 heterocycles. The average Bonchev–Trinajstić information content (AvgIpc) is 0.811. The number of halogens is 2. The van der Waals surface area contributed by atoms with Gasteiger partial charge in [-0.15, -0.1) is 0 Å². The SMILES string of the molecule is C.O=[N+]([O-])[Al+2].[Cl-].[Cl-]. The minimum atomic E-state index is -0.583. The van der Waals surface area contributed by atoms with Crippen molar-refractivity contribution in [2.45, 2.75) is 7.43 Å². The van der Waals surface area contributed by atoms with Gasteiger partial charge in [-0.1, -0.05) is 7.43 Å². The van der Waals surface area contributed by atoms with Crippen molar-refractivity contribution >= 4 is 16.5 Å². The van der Waals surface area contributed by atoms with E-state index >= 15 is 0 Å². The molecule has 0 aromatic rings. The topological polar surface area (TPSA) is 43.1 Å². The van der Waals surface area contributed by atoms with Crippen LogP contribution >= 0.6 is 0 Å². The van der Waals surface area contributed by atoms with E-state index < -0.39 is 3.91 Å². The van der Waals surface area contributed by atoms with Gasteiger partial charge in [0.25, 0.3) is 0 Å². The number of hydrogen-bond donors (Lipinski definition) is 0. The molecule has 0 amide bonds. The molecular weight excluding hydrogens is 156 g/mol. The van der Waals surface area contributed by atoms with E-state index in [1.165, 1.54) is 16.5 Å². The van der Waals surface area contributed by atoms with Gasteiger partial charge >= 0.3 is 30.5 Å². The molecule has 0 aromatic heterocycles. The van der Waals surface area contributed by atoms with Crippen molar-refractivity contribution in [3.8, 4) is 0 Å². The van der Waals surface area contributed by atoms with Crippen LogP contribution in [0.15, 0.2) is 0 Å². The van der Waals surface area contributed by atoms with E-state index in [2.05, 4.69) is 0 Å². The van der Waals surface area contributed by atoms with Crippen molar-refractivity contribution in [3.63, 3.8) is 0 Å². The summed E-state index contributed by atoms with van der Waals surface area (Å²) >= 11 is 1.38. The normalized spacial score (nSPS) is 3.71. The first-order chi connectivity index (χ1) is 1.73. The minimum absolute atomic E-state index is 0. The Labute approximate surface area is 63.1 Å². The Bertz CT molecular complexity index is 38.7. The van der Waals surface area contributed by atoms with Crippen molar-refractivity contribution < 1.29 is 28.7 Å². The van der Waals surface area contributed by atoms with Crippen LogP contribution in [-0.4, -0.2) is 20.4 Å². The van der Waals surface area contributed by atoms with Crippen LogP contribution < -0.4 is 24.8 Å². The molecule has 0 aromatic carbocycles. The van der Waals surface area contributed by atoms with Gasteiger partial charge in [0.2, 0.25) is 0 Å². The van der Waals surface area contributed by atoms with Crippen LogP contribution in [0.2, 0.25) is 0 Å². The Balaban J connectivity index is -0.0000000150. The molecule has 0 aliphatic rings. The zero-order valence-corrected chi connectivity index (χ0v) is 5.26. The van der Waals surface area contributed by atoms with Crippen LogP contribution in [0.25, 0.3) is 0 Å². The molecule has 0 aliphatic carbocycles. The third kappa shape index (κ3) is 505. The van der Waals surface area contributed by atoms with Gasteiger partial charge < -0.3 is 24.8 Å². The first-order valence-corrected chi connectivity index (χ1v) is 1.14. The monoisotopic (exact) mass is 159 g/mol. The summed E-state index contributed by atoms with van der Waals surface area (Å²) in [6.45, 7) is 0. The second-order valence-corrected chi connectivity index (χ2v) is 0.707. The molecule has 0 atom stereocenters. The third-order valence-corrected chi connectivity index (χ3v) is 0. The molecule has 0 rings (SSSR count). The molecule has 7 heavy (non-hydrogen) atoms. The Morgan fingerprint density at radius 1 is 1.43 bits per heavy atom. The largest absolute Gasteiger partial charge is 1.00 e. The third-order valence-electron chi connectivity index (χ3n) is 0. The fourth-order valence-corrected chi connectivity index (χ4v) is 0. The summed E-state index contributed by atoms with van der Waals surface area (Å²) in [5, 5.41) is 8.77. The smallest absolute Gasteiger partial charge is 1.00 e. The molecule has 0 aliphatic heterocycles. The molecule has 6 heteroatoms. The first kappa shape index (κ1) is 25.8. The number of nitro groups is 1. The quantitative estimate of drug-likeness (QED) is 0.201. The molecular formula is CH4AlCl2NO2. The Hall–Kier alpha value is 0.512. The van der Waals surface area contributed by atoms with Gasteiger partial charge in [-0.3, -0.25) is 0 Å². The van der Waals surface area contributed by atoms with Crippen molar-refractivity contribution in [3.05, 3.63) is 10.1 Å². The Morgan fingerprint density at radius 3 is 1.43 bits per heavy atom. The van der Waals surface area contributed by atoms with Crippen LogP contribution in [0.3, 0.4) is 0 Å². The van der Waals surface area contributed by atoms with E-state index in [0.717, 1.165) is 0 Å². The molecule has 0 N–H and O–H groups in total. The zero-order valence-electron chi connectivity index (χ0n) is 2.60. The first-order valence-electron chi connectivity index (χ1n) is 0.623. The molecule has 0 spiro atoms. The van der Waals surface area contributed by atoms with Crippen molar-refractivity contribution in [2.24, 2.45) is 0 Å². The molecule has 0 saturated heterocycles. The summed E-state index contributed by atoms with van der Waals surface area (Å²) in [4.78, 5) is 8.77. The summed E-state index contributed by atoms with van der Waals surface area (Å²) < 4.78 is -0.583. The van der Waals surface area contributed by atoms with Gasteiger partial charge in [-0.2, -0.15) is 0 Å². The predicted octanol–water partition coefficient (Wildman–Crippen LogP) is -6.01. The zero-order chi connectivity index (χ0) is 3.58. The molecule has 42 valence electrons.